The molecule has 1 N–H and O–H groups in total. The Kier molecular flexibility index (Phi) is 8.64. The van der Waals surface area contributed by atoms with Crippen molar-refractivity contribution in [2.45, 2.75) is 64.1 Å². The fraction of sp³-hybridized carbons (Fsp3) is 0.379. The molecule has 1 atom stereocenters. The van der Waals surface area contributed by atoms with Crippen LogP contribution < -0.4 is 10.1 Å². The normalized spacial score (nSPS) is 14.9. The highest BCUT2D eigenvalue weighted by atomic mass is 35.5. The van der Waals surface area contributed by atoms with Gasteiger partial charge in [-0.25, -0.2) is 0 Å². The first-order chi connectivity index (χ1) is 17.0. The summed E-state index contributed by atoms with van der Waals surface area (Å²) in [6.07, 6.45) is 6.00. The average molecular weight is 493 g/mol. The zero-order valence-electron chi connectivity index (χ0n) is 20.2. The van der Waals surface area contributed by atoms with Gasteiger partial charge in [-0.1, -0.05) is 86.3 Å². The zero-order valence-corrected chi connectivity index (χ0v) is 21.0. The van der Waals surface area contributed by atoms with E-state index < -0.39 is 6.04 Å². The van der Waals surface area contributed by atoms with Gasteiger partial charge in [0.05, 0.1) is 0 Å². The number of hydrogen-bond acceptors (Lipinski definition) is 3. The highest BCUT2D eigenvalue weighted by Gasteiger charge is 2.30. The SMILES string of the molecule is CCC(C(=O)NC1CCCCC1)N(Cc1ccc(Cl)cc1)C(=O)COc1cccc2ccccc12. The van der Waals surface area contributed by atoms with E-state index in [-0.39, 0.29) is 24.5 Å². The molecule has 3 aromatic carbocycles. The van der Waals surface area contributed by atoms with E-state index in [1.54, 1.807) is 17.0 Å². The second kappa shape index (κ2) is 12.1. The molecule has 0 aromatic heterocycles. The zero-order chi connectivity index (χ0) is 24.6. The lowest BCUT2D eigenvalue weighted by Gasteiger charge is -2.32. The molecule has 1 aliphatic carbocycles. The maximum Gasteiger partial charge on any atom is 0.261 e. The molecule has 5 nitrogen and oxygen atoms in total. The van der Waals surface area contributed by atoms with E-state index in [4.69, 9.17) is 16.3 Å². The molecule has 4 rings (SSSR count). The summed E-state index contributed by atoms with van der Waals surface area (Å²) in [6.45, 7) is 2.11. The summed E-state index contributed by atoms with van der Waals surface area (Å²) in [5, 5.41) is 5.84. The highest BCUT2D eigenvalue weighted by Crippen LogP contribution is 2.25. The molecule has 0 heterocycles. The molecule has 184 valence electrons. The Morgan fingerprint density at radius 3 is 2.46 bits per heavy atom. The Morgan fingerprint density at radius 1 is 1.00 bits per heavy atom. The third-order valence-electron chi connectivity index (χ3n) is 6.70. The number of halogens is 1. The van der Waals surface area contributed by atoms with Crippen molar-refractivity contribution in [1.29, 1.82) is 0 Å². The summed E-state index contributed by atoms with van der Waals surface area (Å²) >= 11 is 6.06. The van der Waals surface area contributed by atoms with Crippen LogP contribution in [0.25, 0.3) is 10.8 Å². The maximum absolute atomic E-state index is 13.5. The van der Waals surface area contributed by atoms with Crippen LogP contribution in [0.1, 0.15) is 51.0 Å². The van der Waals surface area contributed by atoms with Crippen LogP contribution in [0.4, 0.5) is 0 Å². The van der Waals surface area contributed by atoms with Crippen LogP contribution in [0.3, 0.4) is 0 Å². The van der Waals surface area contributed by atoms with Gasteiger partial charge in [-0.15, -0.1) is 0 Å². The molecule has 3 aromatic rings. The molecule has 1 unspecified atom stereocenters. The van der Waals surface area contributed by atoms with E-state index in [1.807, 2.05) is 61.5 Å². The van der Waals surface area contributed by atoms with Crippen LogP contribution in [0, 0.1) is 0 Å². The van der Waals surface area contributed by atoms with Crippen molar-refractivity contribution in [1.82, 2.24) is 10.2 Å². The van der Waals surface area contributed by atoms with Gasteiger partial charge in [0.25, 0.3) is 5.91 Å². The van der Waals surface area contributed by atoms with Crippen LogP contribution in [0.2, 0.25) is 5.02 Å². The van der Waals surface area contributed by atoms with E-state index in [2.05, 4.69) is 5.32 Å². The second-order valence-corrected chi connectivity index (χ2v) is 9.62. The molecule has 0 spiro atoms. The van der Waals surface area contributed by atoms with Crippen molar-refractivity contribution in [3.05, 3.63) is 77.3 Å². The monoisotopic (exact) mass is 492 g/mol. The largest absolute Gasteiger partial charge is 0.483 e. The first-order valence-corrected chi connectivity index (χ1v) is 12.9. The summed E-state index contributed by atoms with van der Waals surface area (Å²) in [4.78, 5) is 28.5. The highest BCUT2D eigenvalue weighted by molar-refractivity contribution is 6.30. The fourth-order valence-corrected chi connectivity index (χ4v) is 4.92. The quantitative estimate of drug-likeness (QED) is 0.391. The summed E-state index contributed by atoms with van der Waals surface area (Å²) in [7, 11) is 0. The predicted octanol–water partition coefficient (Wildman–Crippen LogP) is 6.13. The number of nitrogens with zero attached hydrogens (tertiary/aromatic N) is 1. The van der Waals surface area contributed by atoms with Crippen molar-refractivity contribution in [3.63, 3.8) is 0 Å². The number of carbonyl (C=O) groups is 2. The third-order valence-corrected chi connectivity index (χ3v) is 6.96. The van der Waals surface area contributed by atoms with E-state index in [0.29, 0.717) is 23.7 Å². The van der Waals surface area contributed by atoms with E-state index in [0.717, 1.165) is 42.0 Å². The van der Waals surface area contributed by atoms with Gasteiger partial charge in [0.2, 0.25) is 5.91 Å². The van der Waals surface area contributed by atoms with Crippen molar-refractivity contribution in [2.75, 3.05) is 6.61 Å². The number of hydrogen-bond donors (Lipinski definition) is 1. The summed E-state index contributed by atoms with van der Waals surface area (Å²) in [5.41, 5.74) is 0.914. The lowest BCUT2D eigenvalue weighted by Crippen LogP contribution is -2.52. The van der Waals surface area contributed by atoms with Crippen molar-refractivity contribution < 1.29 is 14.3 Å². The van der Waals surface area contributed by atoms with Gasteiger partial charge in [0.1, 0.15) is 11.8 Å². The minimum absolute atomic E-state index is 0.0909. The van der Waals surface area contributed by atoms with Crippen molar-refractivity contribution in [2.24, 2.45) is 0 Å². The fourth-order valence-electron chi connectivity index (χ4n) is 4.79. The Bertz CT molecular complexity index is 1140. The number of ether oxygens (including phenoxy) is 1. The predicted molar refractivity (Wildman–Crippen MR) is 141 cm³/mol. The number of nitrogens with one attached hydrogen (secondary N) is 1. The first kappa shape index (κ1) is 25.1. The van der Waals surface area contributed by atoms with Gasteiger partial charge in [0.15, 0.2) is 6.61 Å². The van der Waals surface area contributed by atoms with Crippen LogP contribution in [-0.4, -0.2) is 35.4 Å². The molecular formula is C29H33ClN2O3. The van der Waals surface area contributed by atoms with Crippen molar-refractivity contribution in [3.8, 4) is 5.75 Å². The molecule has 0 aliphatic heterocycles. The molecule has 1 aliphatic rings. The number of fused-ring (bicyclic) bond motifs is 1. The van der Waals surface area contributed by atoms with Gasteiger partial charge in [-0.05, 0) is 48.4 Å². The van der Waals surface area contributed by atoms with Crippen LogP contribution >= 0.6 is 11.6 Å². The average Bonchev–Trinajstić information content (AvgIpc) is 2.89. The lowest BCUT2D eigenvalue weighted by molar-refractivity contribution is -0.143. The van der Waals surface area contributed by atoms with Gasteiger partial charge >= 0.3 is 0 Å². The van der Waals surface area contributed by atoms with Crippen LogP contribution in [0.15, 0.2) is 66.7 Å². The van der Waals surface area contributed by atoms with Crippen LogP contribution in [0.5, 0.6) is 5.75 Å². The molecule has 35 heavy (non-hydrogen) atoms. The molecule has 0 saturated heterocycles. The Morgan fingerprint density at radius 2 is 1.71 bits per heavy atom. The van der Waals surface area contributed by atoms with Gasteiger partial charge in [0, 0.05) is 23.0 Å². The third kappa shape index (κ3) is 6.55. The standard InChI is InChI=1S/C29H33ClN2O3/c1-2-26(29(34)31-24-11-4-3-5-12-24)32(19-21-15-17-23(30)18-16-21)28(33)20-35-27-14-8-10-22-9-6-7-13-25(22)27/h6-10,13-18,24,26H,2-5,11-12,19-20H2,1H3,(H,31,34). The Hall–Kier alpha value is -3.05. The number of amides is 2. The maximum atomic E-state index is 13.5. The number of carbonyl (C=O) groups excluding carboxylic acids is 2. The smallest absolute Gasteiger partial charge is 0.261 e. The molecule has 2 amide bonds. The summed E-state index contributed by atoms with van der Waals surface area (Å²) in [6, 6.07) is 20.7. The molecule has 6 heteroatoms. The van der Waals surface area contributed by atoms with E-state index in [9.17, 15) is 9.59 Å². The van der Waals surface area contributed by atoms with Gasteiger partial charge < -0.3 is 15.0 Å². The minimum atomic E-state index is -0.573. The summed E-state index contributed by atoms with van der Waals surface area (Å²) in [5.74, 6) is 0.341. The van der Waals surface area contributed by atoms with Gasteiger partial charge in [-0.2, -0.15) is 0 Å². The van der Waals surface area contributed by atoms with Crippen LogP contribution in [-0.2, 0) is 16.1 Å². The van der Waals surface area contributed by atoms with E-state index in [1.165, 1.54) is 6.42 Å². The molecule has 0 bridgehead atoms. The molecule has 0 radical (unpaired) electrons. The lowest BCUT2D eigenvalue weighted by atomic mass is 9.95. The molecule has 1 saturated carbocycles. The minimum Gasteiger partial charge on any atom is -0.483 e. The Labute approximate surface area is 212 Å². The number of benzene rings is 3. The first-order valence-electron chi connectivity index (χ1n) is 12.5. The topological polar surface area (TPSA) is 58.6 Å². The number of rotatable bonds is 9. The second-order valence-electron chi connectivity index (χ2n) is 9.18. The van der Waals surface area contributed by atoms with Crippen molar-refractivity contribution >= 4 is 34.2 Å². The Balaban J connectivity index is 1.52. The molecule has 1 fully saturated rings. The van der Waals surface area contributed by atoms with Gasteiger partial charge in [-0.3, -0.25) is 9.59 Å². The molecular weight excluding hydrogens is 460 g/mol. The van der Waals surface area contributed by atoms with E-state index >= 15 is 0 Å². The summed E-state index contributed by atoms with van der Waals surface area (Å²) < 4.78 is 6.00.